The quantitative estimate of drug-likeness (QED) is 0.285. The van der Waals surface area contributed by atoms with Gasteiger partial charge < -0.3 is 9.15 Å². The van der Waals surface area contributed by atoms with E-state index < -0.39 is 0 Å². The van der Waals surface area contributed by atoms with Crippen molar-refractivity contribution < 1.29 is 9.15 Å². The molecule has 2 rings (SSSR count). The largest absolute Gasteiger partial charge is 0.482 e. The van der Waals surface area contributed by atoms with Gasteiger partial charge in [-0.2, -0.15) is 0 Å². The fourth-order valence-electron chi connectivity index (χ4n) is 1.14. The van der Waals surface area contributed by atoms with E-state index in [4.69, 9.17) is 21.4 Å². The van der Waals surface area contributed by atoms with E-state index in [9.17, 15) is 0 Å². The molecule has 0 atom stereocenters. The van der Waals surface area contributed by atoms with Crippen LogP contribution in [0.1, 0.15) is 5.89 Å². The Bertz CT molecular complexity index is 585. The fourth-order valence-corrected chi connectivity index (χ4v) is 2.83. The van der Waals surface area contributed by atoms with Crippen molar-refractivity contribution in [1.82, 2.24) is 10.2 Å². The summed E-state index contributed by atoms with van der Waals surface area (Å²) < 4.78 is 13.1. The van der Waals surface area contributed by atoms with E-state index >= 15 is 0 Å². The number of hydrogen-bond donors (Lipinski definition) is 1. The zero-order valence-corrected chi connectivity index (χ0v) is 14.9. The Balaban J connectivity index is 1.81. The van der Waals surface area contributed by atoms with E-state index in [2.05, 4.69) is 61.4 Å². The van der Waals surface area contributed by atoms with Gasteiger partial charge in [0.05, 0.1) is 9.32 Å². The molecule has 0 saturated carbocycles. The minimum Gasteiger partial charge on any atom is -0.482 e. The van der Waals surface area contributed by atoms with Gasteiger partial charge in [-0.3, -0.25) is 0 Å². The predicted molar refractivity (Wildman–Crippen MR) is 90.4 cm³/mol. The molecule has 0 radical (unpaired) electrons. The molecule has 1 N–H and O–H groups in total. The maximum absolute atomic E-state index is 5.69. The summed E-state index contributed by atoms with van der Waals surface area (Å²) in [6.07, 6.45) is 0. The fraction of sp³-hybridized carbons (Fsp3) is 0.200. The van der Waals surface area contributed by atoms with Crippen molar-refractivity contribution in [3.63, 3.8) is 0 Å². The van der Waals surface area contributed by atoms with Crippen LogP contribution in [0.25, 0.3) is 0 Å². The lowest BCUT2D eigenvalue weighted by atomic mass is 10.3. The Kier molecular flexibility index (Phi) is 5.76. The normalized spacial score (nSPS) is 10.6. The first-order chi connectivity index (χ1) is 8.65. The number of benzene rings is 1. The van der Waals surface area contributed by atoms with Crippen molar-refractivity contribution in [2.24, 2.45) is 0 Å². The minimum atomic E-state index is 0.304. The third-order valence-electron chi connectivity index (χ3n) is 1.90. The Morgan fingerprint density at radius 3 is 3.00 bits per heavy atom. The topological polar surface area (TPSA) is 51.0 Å². The van der Waals surface area contributed by atoms with Gasteiger partial charge in [0, 0.05) is 3.57 Å². The number of rotatable bonds is 5. The van der Waals surface area contributed by atoms with Crippen molar-refractivity contribution >= 4 is 69.2 Å². The van der Waals surface area contributed by atoms with Crippen LogP contribution in [0, 0.1) is 12.0 Å². The van der Waals surface area contributed by atoms with Crippen LogP contribution in [0.5, 0.6) is 5.75 Å². The Labute approximate surface area is 141 Å². The summed E-state index contributed by atoms with van der Waals surface area (Å²) in [6.45, 7) is 0. The van der Waals surface area contributed by atoms with Crippen molar-refractivity contribution in [3.05, 3.63) is 36.1 Å². The number of aromatic nitrogens is 2. The third-order valence-corrected chi connectivity index (χ3v) is 4.37. The molecule has 0 saturated heterocycles. The minimum absolute atomic E-state index is 0.304. The van der Waals surface area contributed by atoms with Gasteiger partial charge in [0.25, 0.3) is 4.84 Å². The van der Waals surface area contributed by atoms with Gasteiger partial charge in [-0.1, -0.05) is 0 Å². The lowest BCUT2D eigenvalue weighted by molar-refractivity contribution is 0.389. The zero-order chi connectivity index (χ0) is 13.0. The molecule has 0 fully saturated rings. The lowest BCUT2D eigenvalue weighted by Gasteiger charge is -2.07. The molecular weight excluding hydrogens is 498 g/mol. The van der Waals surface area contributed by atoms with Crippen LogP contribution in [0.2, 0.25) is 0 Å². The average molecular weight is 506 g/mol. The molecule has 18 heavy (non-hydrogen) atoms. The first-order valence-corrected chi connectivity index (χ1v) is 8.57. The SMILES string of the molecule is S=c1[nH]nc(CSCOc2cc(I)ccc2I)o1. The summed E-state index contributed by atoms with van der Waals surface area (Å²) in [5.41, 5.74) is 0. The summed E-state index contributed by atoms with van der Waals surface area (Å²) in [7, 11) is 0. The van der Waals surface area contributed by atoms with Crippen LogP contribution in [0.15, 0.2) is 22.6 Å². The summed E-state index contributed by atoms with van der Waals surface area (Å²) in [4.78, 5) is 0.304. The predicted octanol–water partition coefficient (Wildman–Crippen LogP) is 4.21. The molecule has 0 bridgehead atoms. The summed E-state index contributed by atoms with van der Waals surface area (Å²) >= 11 is 10.9. The highest BCUT2D eigenvalue weighted by Gasteiger charge is 2.03. The van der Waals surface area contributed by atoms with Gasteiger partial charge in [-0.05, 0) is 75.6 Å². The van der Waals surface area contributed by atoms with E-state index in [1.165, 1.54) is 0 Å². The zero-order valence-electron chi connectivity index (χ0n) is 8.98. The van der Waals surface area contributed by atoms with Gasteiger partial charge in [0.2, 0.25) is 5.89 Å². The van der Waals surface area contributed by atoms with Gasteiger partial charge in [0.15, 0.2) is 0 Å². The van der Waals surface area contributed by atoms with Crippen LogP contribution in [-0.4, -0.2) is 16.1 Å². The average Bonchev–Trinajstić information content (AvgIpc) is 2.75. The lowest BCUT2D eigenvalue weighted by Crippen LogP contribution is -1.96. The molecule has 2 aromatic rings. The van der Waals surface area contributed by atoms with E-state index in [1.807, 2.05) is 12.1 Å². The maximum atomic E-state index is 5.69. The number of H-pyrrole nitrogens is 1. The number of aromatic amines is 1. The van der Waals surface area contributed by atoms with Crippen LogP contribution < -0.4 is 4.74 Å². The van der Waals surface area contributed by atoms with Gasteiger partial charge in [-0.25, -0.2) is 5.10 Å². The second kappa shape index (κ2) is 7.10. The van der Waals surface area contributed by atoms with Crippen molar-refractivity contribution in [1.29, 1.82) is 0 Å². The number of nitrogens with zero attached hydrogens (tertiary/aromatic N) is 1. The highest BCUT2D eigenvalue weighted by Crippen LogP contribution is 2.24. The molecule has 0 aliphatic carbocycles. The third kappa shape index (κ3) is 4.38. The van der Waals surface area contributed by atoms with Crippen LogP contribution in [0.3, 0.4) is 0 Å². The van der Waals surface area contributed by atoms with Crippen molar-refractivity contribution in [2.75, 3.05) is 5.94 Å². The Morgan fingerprint density at radius 1 is 1.44 bits per heavy atom. The molecule has 1 heterocycles. The number of ether oxygens (including phenoxy) is 1. The summed E-state index contributed by atoms with van der Waals surface area (Å²) in [5, 5.41) is 6.50. The number of halogens is 2. The van der Waals surface area contributed by atoms with E-state index in [1.54, 1.807) is 11.8 Å². The number of hydrogen-bond acceptors (Lipinski definition) is 5. The highest BCUT2D eigenvalue weighted by atomic mass is 127. The molecule has 96 valence electrons. The molecule has 1 aromatic carbocycles. The highest BCUT2D eigenvalue weighted by molar-refractivity contribution is 14.1. The van der Waals surface area contributed by atoms with Gasteiger partial charge in [0.1, 0.15) is 11.7 Å². The summed E-state index contributed by atoms with van der Waals surface area (Å²) in [5.74, 6) is 2.67. The van der Waals surface area contributed by atoms with Crippen molar-refractivity contribution in [3.8, 4) is 5.75 Å². The van der Waals surface area contributed by atoms with Gasteiger partial charge >= 0.3 is 0 Å². The molecule has 0 amide bonds. The van der Waals surface area contributed by atoms with Crippen LogP contribution in [0.4, 0.5) is 0 Å². The second-order valence-electron chi connectivity index (χ2n) is 3.19. The smallest absolute Gasteiger partial charge is 0.284 e. The molecule has 4 nitrogen and oxygen atoms in total. The monoisotopic (exact) mass is 506 g/mol. The first kappa shape index (κ1) is 14.6. The second-order valence-corrected chi connectivity index (χ2v) is 6.90. The Hall–Kier alpha value is 0.190. The molecule has 8 heteroatoms. The van der Waals surface area contributed by atoms with E-state index in [0.717, 1.165) is 12.9 Å². The molecular formula is C10H8I2N2O2S2. The number of nitrogens with one attached hydrogen (secondary N) is 1. The standard InChI is InChI=1S/C10H8I2N2O2S2/c11-6-1-2-7(12)8(3-6)15-5-18-4-9-13-14-10(17)16-9/h1-3H,4-5H2,(H,14,17). The van der Waals surface area contributed by atoms with E-state index in [-0.39, 0.29) is 0 Å². The Morgan fingerprint density at radius 2 is 2.28 bits per heavy atom. The molecule has 0 spiro atoms. The first-order valence-electron chi connectivity index (χ1n) is 4.85. The molecule has 0 unspecified atom stereocenters. The summed E-state index contributed by atoms with van der Waals surface area (Å²) in [6, 6.07) is 6.11. The van der Waals surface area contributed by atoms with Crippen molar-refractivity contribution in [2.45, 2.75) is 5.75 Å². The van der Waals surface area contributed by atoms with E-state index in [0.29, 0.717) is 22.4 Å². The van der Waals surface area contributed by atoms with Crippen LogP contribution >= 0.6 is 69.2 Å². The molecule has 1 aromatic heterocycles. The molecule has 0 aliphatic rings. The van der Waals surface area contributed by atoms with Crippen LogP contribution in [-0.2, 0) is 5.75 Å². The molecule has 0 aliphatic heterocycles. The maximum Gasteiger partial charge on any atom is 0.284 e. The van der Waals surface area contributed by atoms with Gasteiger partial charge in [-0.15, -0.1) is 16.9 Å². The number of thioether (sulfide) groups is 1.